The Morgan fingerprint density at radius 3 is 1.29 bits per heavy atom. The summed E-state index contributed by atoms with van der Waals surface area (Å²) in [5.74, 6) is -3.43. The minimum Gasteiger partial charge on any atom is -0.445 e. The summed E-state index contributed by atoms with van der Waals surface area (Å²) in [6, 6.07) is 0. The molecule has 0 aromatic carbocycles. The molecule has 0 saturated carbocycles. The molecule has 2 aliphatic rings. The van der Waals surface area contributed by atoms with E-state index in [4.69, 9.17) is 55.9 Å². The first kappa shape index (κ1) is 37.0. The largest absolute Gasteiger partial charge is 0.445 e. The molecule has 0 spiro atoms. The van der Waals surface area contributed by atoms with Crippen LogP contribution in [0.25, 0.3) is 0 Å². The van der Waals surface area contributed by atoms with Gasteiger partial charge in [-0.2, -0.15) is 0 Å². The maximum atomic E-state index is 13.4. The third kappa shape index (κ3) is 7.71. The van der Waals surface area contributed by atoms with E-state index in [0.29, 0.717) is 13.1 Å². The number of hydrogen-bond acceptors (Lipinski definition) is 10. The molecule has 0 saturated heterocycles. The number of carbonyl (C=O) groups is 2. The molecule has 0 aromatic rings. The predicted octanol–water partition coefficient (Wildman–Crippen LogP) is 1.71. The van der Waals surface area contributed by atoms with Crippen LogP contribution in [0.15, 0.2) is 46.5 Å². The van der Waals surface area contributed by atoms with Crippen LogP contribution in [0.3, 0.4) is 0 Å². The molecule has 12 nitrogen and oxygen atoms in total. The van der Waals surface area contributed by atoms with E-state index < -0.39 is 52.6 Å². The van der Waals surface area contributed by atoms with Crippen LogP contribution in [0.2, 0.25) is 0 Å². The Labute approximate surface area is 267 Å². The maximum Gasteiger partial charge on any atom is 0.418 e. The SMILES string of the molecule is CN(C)CCN(C)S(=O)(=O)C1(Cl)C=CC=C(Cl)C1OC(=O)C(=O)OC1C(Cl)=CC=CC1(Cl)S(=O)(=O)N(C)CCN(C)C. The molecule has 4 unspecified atom stereocenters. The summed E-state index contributed by atoms with van der Waals surface area (Å²) in [7, 11) is 0.728. The molecule has 2 rings (SSSR count). The minimum absolute atomic E-state index is 0.0387. The van der Waals surface area contributed by atoms with E-state index in [1.54, 1.807) is 38.0 Å². The lowest BCUT2D eigenvalue weighted by Gasteiger charge is -2.37. The molecule has 238 valence electrons. The third-order valence-corrected chi connectivity index (χ3v) is 13.1. The van der Waals surface area contributed by atoms with Gasteiger partial charge in [-0.05, 0) is 52.5 Å². The van der Waals surface area contributed by atoms with E-state index in [1.807, 2.05) is 0 Å². The molecule has 0 heterocycles. The Bertz CT molecular complexity index is 1280. The zero-order valence-corrected chi connectivity index (χ0v) is 28.5. The molecule has 0 amide bonds. The number of esters is 2. The van der Waals surface area contributed by atoms with Crippen LogP contribution in [0.5, 0.6) is 0 Å². The van der Waals surface area contributed by atoms with E-state index in [2.05, 4.69) is 0 Å². The van der Waals surface area contributed by atoms with Crippen molar-refractivity contribution in [2.75, 3.05) is 68.5 Å². The maximum absolute atomic E-state index is 13.4. The number of rotatable bonds is 12. The second-order valence-corrected chi connectivity index (χ2v) is 17.1. The van der Waals surface area contributed by atoms with Crippen molar-refractivity contribution in [2.24, 2.45) is 0 Å². The van der Waals surface area contributed by atoms with Crippen LogP contribution in [-0.4, -0.2) is 136 Å². The molecule has 18 heteroatoms. The molecular weight excluding hydrogens is 678 g/mol. The topological polar surface area (TPSA) is 134 Å². The highest BCUT2D eigenvalue weighted by Crippen LogP contribution is 2.42. The van der Waals surface area contributed by atoms with E-state index in [9.17, 15) is 26.4 Å². The highest BCUT2D eigenvalue weighted by atomic mass is 35.5. The lowest BCUT2D eigenvalue weighted by Crippen LogP contribution is -2.54. The fraction of sp³-hybridized carbons (Fsp3) is 0.583. The van der Waals surface area contributed by atoms with Crippen LogP contribution >= 0.6 is 46.4 Å². The number of allylic oxidation sites excluding steroid dienone is 4. The average Bonchev–Trinajstić information content (AvgIpc) is 2.89. The van der Waals surface area contributed by atoms with Crippen LogP contribution in [0.1, 0.15) is 0 Å². The number of ether oxygens (including phenoxy) is 2. The Hall–Kier alpha value is -1.20. The first-order valence-electron chi connectivity index (χ1n) is 12.3. The molecule has 2 aliphatic carbocycles. The van der Waals surface area contributed by atoms with Gasteiger partial charge in [0.05, 0.1) is 10.1 Å². The Morgan fingerprint density at radius 2 is 1.00 bits per heavy atom. The molecule has 42 heavy (non-hydrogen) atoms. The lowest BCUT2D eigenvalue weighted by molar-refractivity contribution is -0.172. The molecule has 0 radical (unpaired) electrons. The quantitative estimate of drug-likeness (QED) is 0.167. The van der Waals surface area contributed by atoms with E-state index in [-0.39, 0.29) is 23.2 Å². The van der Waals surface area contributed by atoms with Crippen LogP contribution in [0, 0.1) is 0 Å². The van der Waals surface area contributed by atoms with Gasteiger partial charge in [0.15, 0.2) is 12.2 Å². The van der Waals surface area contributed by atoms with Crippen molar-refractivity contribution in [3.05, 3.63) is 46.5 Å². The first-order chi connectivity index (χ1) is 19.2. The van der Waals surface area contributed by atoms with Crippen molar-refractivity contribution in [3.8, 4) is 0 Å². The van der Waals surface area contributed by atoms with Gasteiger partial charge in [-0.1, -0.05) is 58.6 Å². The summed E-state index contributed by atoms with van der Waals surface area (Å²) in [5, 5.41) is -0.595. The van der Waals surface area contributed by atoms with Crippen molar-refractivity contribution in [2.45, 2.75) is 20.6 Å². The van der Waals surface area contributed by atoms with Gasteiger partial charge >= 0.3 is 11.9 Å². The lowest BCUT2D eigenvalue weighted by atomic mass is 10.1. The Kier molecular flexibility index (Phi) is 12.6. The number of sulfonamides is 2. The standard InChI is InChI=1S/C24H34Cl4N4O8S2/c1-29(2)13-15-31(5)41(35,36)23(27)11-7-9-17(25)19(23)39-21(33)22(34)40-20-18(26)10-8-12-24(20,28)42(37,38)32(6)16-14-30(3)4/h7-12,19-20H,13-16H2,1-6H3. The summed E-state index contributed by atoms with van der Waals surface area (Å²) in [5.41, 5.74) is 0. The van der Waals surface area contributed by atoms with Crippen LogP contribution < -0.4 is 0 Å². The van der Waals surface area contributed by atoms with Gasteiger partial charge < -0.3 is 19.3 Å². The zero-order valence-electron chi connectivity index (χ0n) is 23.8. The van der Waals surface area contributed by atoms with Gasteiger partial charge in [0.1, 0.15) is 0 Å². The summed E-state index contributed by atoms with van der Waals surface area (Å²) < 4.78 is 61.3. The molecule has 0 aliphatic heterocycles. The monoisotopic (exact) mass is 710 g/mol. The fourth-order valence-electron chi connectivity index (χ4n) is 3.69. The molecule has 0 bridgehead atoms. The summed E-state index contributed by atoms with van der Waals surface area (Å²) in [4.78, 5) is 29.4. The van der Waals surface area contributed by atoms with Gasteiger partial charge in [-0.25, -0.2) is 35.0 Å². The molecule has 0 N–H and O–H groups in total. The second kappa shape index (κ2) is 14.3. The van der Waals surface area contributed by atoms with Crippen molar-refractivity contribution < 1.29 is 35.9 Å². The van der Waals surface area contributed by atoms with Crippen molar-refractivity contribution in [1.82, 2.24) is 18.4 Å². The highest BCUT2D eigenvalue weighted by molar-refractivity contribution is 7.92. The van der Waals surface area contributed by atoms with Crippen LogP contribution in [-0.2, 0) is 39.1 Å². The zero-order chi connectivity index (χ0) is 32.3. The van der Waals surface area contributed by atoms with Crippen molar-refractivity contribution in [3.63, 3.8) is 0 Å². The van der Waals surface area contributed by atoms with E-state index in [0.717, 1.165) is 20.8 Å². The second-order valence-electron chi connectivity index (χ2n) is 10.0. The van der Waals surface area contributed by atoms with Gasteiger partial charge in [0.2, 0.25) is 28.5 Å². The normalized spacial score (nSPS) is 26.5. The smallest absolute Gasteiger partial charge is 0.418 e. The Balaban J connectivity index is 2.33. The number of likely N-dealkylation sites (N-methyl/N-ethyl adjacent to an activating group) is 4. The number of carbonyl (C=O) groups excluding carboxylic acids is 2. The highest BCUT2D eigenvalue weighted by Gasteiger charge is 2.56. The minimum atomic E-state index is -4.42. The van der Waals surface area contributed by atoms with E-state index >= 15 is 0 Å². The van der Waals surface area contributed by atoms with Crippen molar-refractivity contribution >= 4 is 78.4 Å². The molecule has 0 aromatic heterocycles. The average molecular weight is 713 g/mol. The van der Waals surface area contributed by atoms with E-state index in [1.165, 1.54) is 38.4 Å². The molecular formula is C24H34Cl4N4O8S2. The first-order valence-corrected chi connectivity index (χ1v) is 16.7. The van der Waals surface area contributed by atoms with Gasteiger partial charge in [0, 0.05) is 40.3 Å². The van der Waals surface area contributed by atoms with Crippen LogP contribution in [0.4, 0.5) is 0 Å². The number of halogens is 4. The number of hydrogen-bond donors (Lipinski definition) is 0. The predicted molar refractivity (Wildman–Crippen MR) is 163 cm³/mol. The summed E-state index contributed by atoms with van der Waals surface area (Å²) in [6.45, 7) is 0.780. The van der Waals surface area contributed by atoms with Gasteiger partial charge in [0.25, 0.3) is 0 Å². The third-order valence-electron chi connectivity index (χ3n) is 6.33. The summed E-state index contributed by atoms with van der Waals surface area (Å²) in [6.07, 6.45) is 3.43. The summed E-state index contributed by atoms with van der Waals surface area (Å²) >= 11 is 25.6. The molecule has 0 fully saturated rings. The van der Waals surface area contributed by atoms with Crippen molar-refractivity contribution in [1.29, 1.82) is 0 Å². The number of nitrogens with zero attached hydrogens (tertiary/aromatic N) is 4. The van der Waals surface area contributed by atoms with Gasteiger partial charge in [-0.3, -0.25) is 0 Å². The number of alkyl halides is 2. The Morgan fingerprint density at radius 1 is 0.690 bits per heavy atom. The van der Waals surface area contributed by atoms with Gasteiger partial charge in [-0.15, -0.1) is 0 Å². The molecule has 4 atom stereocenters. The fourth-order valence-corrected chi connectivity index (χ4v) is 8.68.